The first-order valence-electron chi connectivity index (χ1n) is 6.63. The topological polar surface area (TPSA) is 72.9 Å². The molecule has 0 bridgehead atoms. The third-order valence-electron chi connectivity index (χ3n) is 3.65. The number of carbonyl (C=O) groups is 1. The molecule has 5 nitrogen and oxygen atoms in total. The third-order valence-corrected chi connectivity index (χ3v) is 3.65. The molecular weight excluding hydrogens is 228 g/mol. The third kappa shape index (κ3) is 2.90. The lowest BCUT2D eigenvalue weighted by Gasteiger charge is -2.26. The molecule has 1 atom stereocenters. The summed E-state index contributed by atoms with van der Waals surface area (Å²) in [5.41, 5.74) is 7.29. The number of nitrogens with two attached hydrogens (primary N) is 1. The van der Waals surface area contributed by atoms with Gasteiger partial charge in [0.1, 0.15) is 6.04 Å². The lowest BCUT2D eigenvalue weighted by molar-refractivity contribution is -0.120. The maximum atomic E-state index is 11.7. The molecule has 0 aromatic carbocycles. The molecule has 1 aliphatic carbocycles. The van der Waals surface area contributed by atoms with Gasteiger partial charge in [0.2, 0.25) is 5.91 Å². The van der Waals surface area contributed by atoms with Gasteiger partial charge in [0, 0.05) is 24.8 Å². The summed E-state index contributed by atoms with van der Waals surface area (Å²) >= 11 is 0. The lowest BCUT2D eigenvalue weighted by Crippen LogP contribution is -2.41. The Labute approximate surface area is 108 Å². The van der Waals surface area contributed by atoms with E-state index in [1.807, 2.05) is 20.2 Å². The Bertz CT molecular complexity index is 421. The number of carbonyl (C=O) groups excluding carboxylic acids is 1. The fraction of sp³-hybridized carbons (Fsp3) is 0.692. The van der Waals surface area contributed by atoms with Crippen molar-refractivity contribution >= 4 is 5.91 Å². The molecule has 1 amide bonds. The van der Waals surface area contributed by atoms with Gasteiger partial charge in [0.25, 0.3) is 0 Å². The van der Waals surface area contributed by atoms with E-state index in [2.05, 4.69) is 10.4 Å². The predicted octanol–water partition coefficient (Wildman–Crippen LogP) is 1.18. The lowest BCUT2D eigenvalue weighted by atomic mass is 9.94. The van der Waals surface area contributed by atoms with Crippen LogP contribution in [0.2, 0.25) is 0 Å². The first-order valence-corrected chi connectivity index (χ1v) is 6.63. The number of nitrogens with zero attached hydrogens (tertiary/aromatic N) is 2. The molecule has 0 saturated heterocycles. The van der Waals surface area contributed by atoms with E-state index < -0.39 is 6.04 Å². The number of hydrogen-bond acceptors (Lipinski definition) is 3. The van der Waals surface area contributed by atoms with Crippen LogP contribution in [0.4, 0.5) is 0 Å². The maximum Gasteiger partial charge on any atom is 0.239 e. The first-order chi connectivity index (χ1) is 8.58. The van der Waals surface area contributed by atoms with E-state index in [0.29, 0.717) is 6.04 Å². The Morgan fingerprint density at radius 1 is 1.50 bits per heavy atom. The second-order valence-electron chi connectivity index (χ2n) is 5.18. The van der Waals surface area contributed by atoms with Crippen LogP contribution in [0.15, 0.2) is 6.20 Å². The predicted molar refractivity (Wildman–Crippen MR) is 69.9 cm³/mol. The van der Waals surface area contributed by atoms with Crippen LogP contribution in [-0.4, -0.2) is 21.7 Å². The van der Waals surface area contributed by atoms with Crippen LogP contribution in [0.25, 0.3) is 0 Å². The molecule has 1 heterocycles. The number of aryl methyl sites for hydroxylation is 2. The van der Waals surface area contributed by atoms with Gasteiger partial charge in [-0.1, -0.05) is 19.3 Å². The number of nitrogens with one attached hydrogen (secondary N) is 1. The molecule has 100 valence electrons. The van der Waals surface area contributed by atoms with E-state index in [-0.39, 0.29) is 5.91 Å². The fourth-order valence-corrected chi connectivity index (χ4v) is 2.73. The SMILES string of the molecule is Cc1nn(C)cc1C(NC1CCCCC1)C(N)=O. The van der Waals surface area contributed by atoms with Gasteiger partial charge in [-0.2, -0.15) is 5.10 Å². The zero-order chi connectivity index (χ0) is 13.1. The number of hydrogen-bond donors (Lipinski definition) is 2. The molecule has 0 radical (unpaired) electrons. The summed E-state index contributed by atoms with van der Waals surface area (Å²) < 4.78 is 1.73. The fourth-order valence-electron chi connectivity index (χ4n) is 2.73. The van der Waals surface area contributed by atoms with Crippen LogP contribution in [0.3, 0.4) is 0 Å². The quantitative estimate of drug-likeness (QED) is 0.842. The van der Waals surface area contributed by atoms with Crippen molar-refractivity contribution in [2.75, 3.05) is 0 Å². The van der Waals surface area contributed by atoms with Gasteiger partial charge in [-0.3, -0.25) is 14.8 Å². The number of primary amides is 1. The molecule has 1 saturated carbocycles. The molecule has 1 unspecified atom stereocenters. The van der Waals surface area contributed by atoms with Crippen molar-refractivity contribution in [2.24, 2.45) is 12.8 Å². The van der Waals surface area contributed by atoms with Gasteiger partial charge in [0.15, 0.2) is 0 Å². The van der Waals surface area contributed by atoms with E-state index in [9.17, 15) is 4.79 Å². The molecule has 3 N–H and O–H groups in total. The van der Waals surface area contributed by atoms with E-state index in [1.165, 1.54) is 19.3 Å². The molecule has 18 heavy (non-hydrogen) atoms. The maximum absolute atomic E-state index is 11.7. The second kappa shape index (κ2) is 5.52. The van der Waals surface area contributed by atoms with E-state index in [1.54, 1.807) is 4.68 Å². The van der Waals surface area contributed by atoms with Crippen molar-refractivity contribution in [2.45, 2.75) is 51.1 Å². The van der Waals surface area contributed by atoms with Crippen molar-refractivity contribution in [3.8, 4) is 0 Å². The standard InChI is InChI=1S/C13H22N4O/c1-9-11(8-17(2)16-9)12(13(14)18)15-10-6-4-3-5-7-10/h8,10,12,15H,3-7H2,1-2H3,(H2,14,18). The van der Waals surface area contributed by atoms with E-state index in [4.69, 9.17) is 5.73 Å². The van der Waals surface area contributed by atoms with Crippen LogP contribution in [-0.2, 0) is 11.8 Å². The zero-order valence-electron chi connectivity index (χ0n) is 11.1. The largest absolute Gasteiger partial charge is 0.368 e. The van der Waals surface area contributed by atoms with Crippen molar-refractivity contribution in [3.63, 3.8) is 0 Å². The Kier molecular flexibility index (Phi) is 4.01. The van der Waals surface area contributed by atoms with Gasteiger partial charge < -0.3 is 5.73 Å². The molecule has 5 heteroatoms. The van der Waals surface area contributed by atoms with E-state index in [0.717, 1.165) is 24.1 Å². The van der Waals surface area contributed by atoms with Gasteiger partial charge in [-0.25, -0.2) is 0 Å². The highest BCUT2D eigenvalue weighted by molar-refractivity contribution is 5.81. The minimum absolute atomic E-state index is 0.323. The smallest absolute Gasteiger partial charge is 0.239 e. The summed E-state index contributed by atoms with van der Waals surface area (Å²) in [5.74, 6) is -0.323. The normalized spacial score (nSPS) is 18.8. The van der Waals surface area contributed by atoms with E-state index >= 15 is 0 Å². The molecule has 1 fully saturated rings. The second-order valence-corrected chi connectivity index (χ2v) is 5.18. The highest BCUT2D eigenvalue weighted by Crippen LogP contribution is 2.22. The average Bonchev–Trinajstić information content (AvgIpc) is 2.66. The molecule has 0 spiro atoms. The molecule has 1 aliphatic rings. The summed E-state index contributed by atoms with van der Waals surface area (Å²) in [6.45, 7) is 1.91. The Morgan fingerprint density at radius 3 is 2.67 bits per heavy atom. The summed E-state index contributed by atoms with van der Waals surface area (Å²) in [6.07, 6.45) is 7.89. The molecule has 0 aliphatic heterocycles. The van der Waals surface area contributed by atoms with Crippen LogP contribution >= 0.6 is 0 Å². The van der Waals surface area contributed by atoms with Crippen LogP contribution in [0.5, 0.6) is 0 Å². The Balaban J connectivity index is 2.12. The first kappa shape index (κ1) is 13.1. The van der Waals surface area contributed by atoms with Gasteiger partial charge >= 0.3 is 0 Å². The minimum atomic E-state index is -0.415. The number of aromatic nitrogens is 2. The Morgan fingerprint density at radius 2 is 2.17 bits per heavy atom. The number of amides is 1. The zero-order valence-corrected chi connectivity index (χ0v) is 11.1. The summed E-state index contributed by atoms with van der Waals surface area (Å²) in [5, 5.41) is 7.67. The molecule has 2 rings (SSSR count). The summed E-state index contributed by atoms with van der Waals surface area (Å²) in [7, 11) is 1.86. The van der Waals surface area contributed by atoms with Crippen molar-refractivity contribution < 1.29 is 4.79 Å². The van der Waals surface area contributed by atoms with Crippen LogP contribution in [0, 0.1) is 6.92 Å². The molecule has 1 aromatic rings. The van der Waals surface area contributed by atoms with Crippen molar-refractivity contribution in [1.29, 1.82) is 0 Å². The monoisotopic (exact) mass is 250 g/mol. The van der Waals surface area contributed by atoms with Crippen molar-refractivity contribution in [3.05, 3.63) is 17.5 Å². The van der Waals surface area contributed by atoms with Crippen molar-refractivity contribution in [1.82, 2.24) is 15.1 Å². The summed E-state index contributed by atoms with van der Waals surface area (Å²) in [4.78, 5) is 11.7. The van der Waals surface area contributed by atoms with Gasteiger partial charge in [-0.05, 0) is 19.8 Å². The minimum Gasteiger partial charge on any atom is -0.368 e. The molecule has 1 aromatic heterocycles. The summed E-state index contributed by atoms with van der Waals surface area (Å²) in [6, 6.07) is -0.0161. The average molecular weight is 250 g/mol. The van der Waals surface area contributed by atoms with Crippen LogP contribution < -0.4 is 11.1 Å². The highest BCUT2D eigenvalue weighted by Gasteiger charge is 2.25. The van der Waals surface area contributed by atoms with Gasteiger partial charge in [-0.15, -0.1) is 0 Å². The van der Waals surface area contributed by atoms with Crippen LogP contribution in [0.1, 0.15) is 49.4 Å². The highest BCUT2D eigenvalue weighted by atomic mass is 16.1. The molecular formula is C13H22N4O. The Hall–Kier alpha value is -1.36. The van der Waals surface area contributed by atoms with Gasteiger partial charge in [0.05, 0.1) is 5.69 Å². The number of rotatable bonds is 4.